The molecule has 0 aliphatic carbocycles. The monoisotopic (exact) mass is 851 g/mol. The van der Waals surface area contributed by atoms with Crippen LogP contribution in [0.4, 0.5) is 0 Å². The minimum absolute atomic E-state index is 0.0908. The predicted molar refractivity (Wildman–Crippen MR) is 259 cm³/mol. The van der Waals surface area contributed by atoms with Gasteiger partial charge in [0.25, 0.3) is 0 Å². The summed E-state index contributed by atoms with van der Waals surface area (Å²) in [5.41, 5.74) is 5.52. The molecule has 2 N–H and O–H groups in total. The maximum atomic E-state index is 12.6. The van der Waals surface area contributed by atoms with Crippen molar-refractivity contribution in [3.63, 3.8) is 0 Å². The number of ether oxygens (including phenoxy) is 2. The number of esters is 2. The van der Waals surface area contributed by atoms with Crippen LogP contribution in [-0.2, 0) is 42.7 Å². The van der Waals surface area contributed by atoms with Crippen LogP contribution in [0.3, 0.4) is 0 Å². The van der Waals surface area contributed by atoms with Gasteiger partial charge in [0, 0.05) is 12.8 Å². The van der Waals surface area contributed by atoms with Crippen LogP contribution in [0.15, 0.2) is 24.3 Å². The molecule has 350 valence electrons. The molecule has 61 heavy (non-hydrogen) atoms. The number of aryl methyl sites for hydroxylation is 4. The summed E-state index contributed by atoms with van der Waals surface area (Å²) in [4.78, 5) is 24.6. The van der Waals surface area contributed by atoms with Crippen LogP contribution in [0.1, 0.15) is 237 Å². The second kappa shape index (κ2) is 30.9. The van der Waals surface area contributed by atoms with E-state index >= 15 is 0 Å². The summed E-state index contributed by atoms with van der Waals surface area (Å²) < 4.78 is 11.2. The van der Waals surface area contributed by atoms with Gasteiger partial charge >= 0.3 is 11.9 Å². The molecule has 2 aromatic rings. The number of aromatic hydroxyl groups is 2. The summed E-state index contributed by atoms with van der Waals surface area (Å²) in [6.07, 6.45) is 26.5. The van der Waals surface area contributed by atoms with E-state index in [1.807, 2.05) is 32.0 Å². The fourth-order valence-corrected chi connectivity index (χ4v) is 7.95. The highest BCUT2D eigenvalue weighted by atomic mass is 16.5. The van der Waals surface area contributed by atoms with E-state index in [0.717, 1.165) is 39.8 Å². The molecule has 2 aromatic carbocycles. The summed E-state index contributed by atoms with van der Waals surface area (Å²) in [7, 11) is 0. The van der Waals surface area contributed by atoms with E-state index in [1.165, 1.54) is 116 Å². The maximum Gasteiger partial charge on any atom is 0.306 e. The largest absolute Gasteiger partial charge is 0.507 e. The molecule has 0 bridgehead atoms. The van der Waals surface area contributed by atoms with E-state index < -0.39 is 0 Å². The van der Waals surface area contributed by atoms with E-state index in [9.17, 15) is 19.8 Å². The van der Waals surface area contributed by atoms with Gasteiger partial charge in [-0.05, 0) is 102 Å². The van der Waals surface area contributed by atoms with E-state index in [4.69, 9.17) is 9.47 Å². The Balaban J connectivity index is 0.000000668. The fraction of sp³-hybridized carbons (Fsp3) is 0.745. The predicted octanol–water partition coefficient (Wildman–Crippen LogP) is 15.7. The molecule has 0 aromatic heterocycles. The molecule has 0 saturated carbocycles. The van der Waals surface area contributed by atoms with Crippen LogP contribution in [-0.4, -0.2) is 35.4 Å². The molecule has 0 aliphatic heterocycles. The van der Waals surface area contributed by atoms with Crippen molar-refractivity contribution < 1.29 is 29.3 Å². The maximum absolute atomic E-state index is 12.6. The van der Waals surface area contributed by atoms with Crippen molar-refractivity contribution in [2.24, 2.45) is 11.8 Å². The highest BCUT2D eigenvalue weighted by Gasteiger charge is 2.22. The van der Waals surface area contributed by atoms with Crippen LogP contribution in [0, 0.1) is 25.7 Å². The van der Waals surface area contributed by atoms with Crippen molar-refractivity contribution in [2.75, 3.05) is 13.2 Å². The lowest BCUT2D eigenvalue weighted by Crippen LogP contribution is -2.16. The highest BCUT2D eigenvalue weighted by Crippen LogP contribution is 2.35. The molecule has 6 heteroatoms. The van der Waals surface area contributed by atoms with E-state index in [2.05, 4.69) is 75.3 Å². The molecule has 0 heterocycles. The van der Waals surface area contributed by atoms with Gasteiger partial charge in [0.15, 0.2) is 0 Å². The minimum Gasteiger partial charge on any atom is -0.507 e. The molecule has 2 unspecified atom stereocenters. The van der Waals surface area contributed by atoms with Crippen LogP contribution in [0.25, 0.3) is 0 Å². The number of phenolic OH excluding ortho intramolecular Hbond substituents is 2. The van der Waals surface area contributed by atoms with Gasteiger partial charge in [0.1, 0.15) is 11.5 Å². The van der Waals surface area contributed by atoms with Crippen molar-refractivity contribution in [3.8, 4) is 11.5 Å². The van der Waals surface area contributed by atoms with Gasteiger partial charge in [0.2, 0.25) is 0 Å². The second-order valence-electron chi connectivity index (χ2n) is 20.4. The van der Waals surface area contributed by atoms with Gasteiger partial charge in [-0.2, -0.15) is 0 Å². The Hall–Kier alpha value is -3.02. The molecule has 0 spiro atoms. The quantitative estimate of drug-likeness (QED) is 0.0625. The lowest BCUT2D eigenvalue weighted by atomic mass is 9.83. The highest BCUT2D eigenvalue weighted by molar-refractivity contribution is 5.70. The number of carbonyl (C=O) groups is 2. The van der Waals surface area contributed by atoms with Crippen LogP contribution < -0.4 is 0 Å². The van der Waals surface area contributed by atoms with Crippen LogP contribution in [0.2, 0.25) is 0 Å². The second-order valence-corrected chi connectivity index (χ2v) is 20.4. The zero-order valence-corrected chi connectivity index (χ0v) is 41.7. The number of unbranched alkanes of at least 4 members (excludes halogenated alkanes) is 13. The van der Waals surface area contributed by atoms with Gasteiger partial charge in [-0.25, -0.2) is 0 Å². The fourth-order valence-electron chi connectivity index (χ4n) is 7.95. The average molecular weight is 851 g/mol. The Labute approximate surface area is 375 Å². The lowest BCUT2D eigenvalue weighted by Gasteiger charge is -2.22. The summed E-state index contributed by atoms with van der Waals surface area (Å²) in [5.74, 6) is 1.43. The standard InChI is InChI=1S/C34H60O3.C21H34O3/c1-7-9-11-13-15-16-18-20-22-29(21-19-17-14-12-10-8-2)27-37-32(35)24-23-30-25-28(3)33(36)31(26-30)34(4,5)6;1-7-8-9-15(2)14-24-19(22)11-10-17-12-16(3)20(23)18(13-17)21(4,5)6/h25-26,29,36H,7-24,27H2,1-6H3;12-13,15,23H,7-11,14H2,1-6H3. The van der Waals surface area contributed by atoms with Crippen LogP contribution in [0.5, 0.6) is 11.5 Å². The molecule has 0 saturated heterocycles. The zero-order chi connectivity index (χ0) is 45.8. The zero-order valence-electron chi connectivity index (χ0n) is 41.7. The number of carbonyl (C=O) groups excluding carboxylic acids is 2. The SMILES string of the molecule is CCCCC(C)COC(=O)CCc1cc(C)c(O)c(C(C)(C)C)c1.CCCCCCCCCCC(CCCCCCCC)COC(=O)CCc1cc(C)c(O)c(C(C)(C)C)c1. The molecule has 2 atom stereocenters. The van der Waals surface area contributed by atoms with E-state index in [1.54, 1.807) is 0 Å². The van der Waals surface area contributed by atoms with Gasteiger partial charge in [0.05, 0.1) is 13.2 Å². The van der Waals surface area contributed by atoms with Crippen molar-refractivity contribution in [1.29, 1.82) is 0 Å². The lowest BCUT2D eigenvalue weighted by molar-refractivity contribution is -0.145. The van der Waals surface area contributed by atoms with Gasteiger partial charge in [-0.1, -0.05) is 196 Å². The molecule has 2 rings (SSSR count). The van der Waals surface area contributed by atoms with Crippen molar-refractivity contribution >= 4 is 11.9 Å². The minimum atomic E-state index is -0.138. The normalized spacial score (nSPS) is 12.7. The first-order valence-corrected chi connectivity index (χ1v) is 24.8. The summed E-state index contributed by atoms with van der Waals surface area (Å²) in [6.45, 7) is 26.3. The smallest absolute Gasteiger partial charge is 0.306 e. The number of hydrogen-bond acceptors (Lipinski definition) is 6. The Morgan fingerprint density at radius 1 is 0.525 bits per heavy atom. The topological polar surface area (TPSA) is 93.1 Å². The molecule has 0 fully saturated rings. The average Bonchev–Trinajstić information content (AvgIpc) is 3.20. The third kappa shape index (κ3) is 25.0. The third-order valence-electron chi connectivity index (χ3n) is 12.1. The summed E-state index contributed by atoms with van der Waals surface area (Å²) >= 11 is 0. The van der Waals surface area contributed by atoms with E-state index in [0.29, 0.717) is 62.2 Å². The molecule has 0 radical (unpaired) electrons. The summed E-state index contributed by atoms with van der Waals surface area (Å²) in [5, 5.41) is 20.7. The number of phenols is 2. The van der Waals surface area contributed by atoms with Gasteiger partial charge < -0.3 is 19.7 Å². The number of benzene rings is 2. The first kappa shape index (κ1) is 56.0. The Kier molecular flexibility index (Phi) is 28.4. The van der Waals surface area contributed by atoms with Crippen LogP contribution >= 0.6 is 0 Å². The van der Waals surface area contributed by atoms with Crippen molar-refractivity contribution in [1.82, 2.24) is 0 Å². The molecule has 0 aliphatic rings. The third-order valence-corrected chi connectivity index (χ3v) is 12.1. The van der Waals surface area contributed by atoms with Gasteiger partial charge in [-0.15, -0.1) is 0 Å². The molecular weight excluding hydrogens is 757 g/mol. The summed E-state index contributed by atoms with van der Waals surface area (Å²) in [6, 6.07) is 8.03. The number of hydrogen-bond donors (Lipinski definition) is 2. The first-order valence-electron chi connectivity index (χ1n) is 24.8. The Bertz CT molecular complexity index is 1500. The Morgan fingerprint density at radius 3 is 1.26 bits per heavy atom. The van der Waals surface area contributed by atoms with Crippen molar-refractivity contribution in [3.05, 3.63) is 57.6 Å². The van der Waals surface area contributed by atoms with Crippen molar-refractivity contribution in [2.45, 2.75) is 242 Å². The Morgan fingerprint density at radius 2 is 0.885 bits per heavy atom. The first-order chi connectivity index (χ1) is 28.8. The number of rotatable bonds is 29. The van der Waals surface area contributed by atoms with E-state index in [-0.39, 0.29) is 22.8 Å². The van der Waals surface area contributed by atoms with Gasteiger partial charge in [-0.3, -0.25) is 9.59 Å². The molecule has 0 amide bonds. The molecule has 6 nitrogen and oxygen atoms in total. The molecular formula is C55H94O6.